The van der Waals surface area contributed by atoms with E-state index in [9.17, 15) is 9.90 Å². The van der Waals surface area contributed by atoms with Crippen molar-refractivity contribution in [1.29, 1.82) is 0 Å². The number of amides is 1. The van der Waals surface area contributed by atoms with Crippen molar-refractivity contribution in [1.82, 2.24) is 9.88 Å². The number of ether oxygens (including phenoxy) is 1. The van der Waals surface area contributed by atoms with Gasteiger partial charge in [0.25, 0.3) is 0 Å². The van der Waals surface area contributed by atoms with Gasteiger partial charge in [0.15, 0.2) is 0 Å². The molecule has 0 saturated heterocycles. The maximum absolute atomic E-state index is 12.0. The zero-order chi connectivity index (χ0) is 13.8. The van der Waals surface area contributed by atoms with Crippen molar-refractivity contribution in [3.05, 3.63) is 16.6 Å². The van der Waals surface area contributed by atoms with Gasteiger partial charge in [-0.1, -0.05) is 0 Å². The van der Waals surface area contributed by atoms with E-state index in [0.29, 0.717) is 6.54 Å². The van der Waals surface area contributed by atoms with Gasteiger partial charge in [0.1, 0.15) is 10.6 Å². The second kappa shape index (κ2) is 6.15. The molecule has 1 rings (SSSR count). The zero-order valence-corrected chi connectivity index (χ0v) is 12.0. The molecule has 1 atom stereocenters. The van der Waals surface area contributed by atoms with E-state index >= 15 is 0 Å². The number of aliphatic hydroxyl groups is 1. The van der Waals surface area contributed by atoms with E-state index in [1.165, 1.54) is 16.2 Å². The molecule has 6 heteroatoms. The third-order valence-corrected chi connectivity index (χ3v) is 2.71. The Bertz CT molecular complexity index is 371. The molecule has 1 amide bonds. The maximum Gasteiger partial charge on any atom is 0.410 e. The molecule has 0 aliphatic carbocycles. The Morgan fingerprint density at radius 2 is 2.28 bits per heavy atom. The molecule has 1 unspecified atom stereocenters. The highest BCUT2D eigenvalue weighted by atomic mass is 32.1. The molecular formula is C12H20N2O3S. The summed E-state index contributed by atoms with van der Waals surface area (Å²) in [6, 6.07) is 0. The first-order valence-corrected chi connectivity index (χ1v) is 6.70. The van der Waals surface area contributed by atoms with E-state index in [4.69, 9.17) is 4.74 Å². The van der Waals surface area contributed by atoms with Crippen LogP contribution in [0.5, 0.6) is 0 Å². The second-order valence-electron chi connectivity index (χ2n) is 5.14. The fraction of sp³-hybridized carbons (Fsp3) is 0.667. The number of rotatable bonds is 4. The van der Waals surface area contributed by atoms with Gasteiger partial charge in [-0.05, 0) is 27.7 Å². The molecule has 1 N–H and O–H groups in total. The highest BCUT2D eigenvalue weighted by molar-refractivity contribution is 7.09. The van der Waals surface area contributed by atoms with Crippen LogP contribution >= 0.6 is 11.3 Å². The monoisotopic (exact) mass is 272 g/mol. The third-order valence-electron chi connectivity index (χ3n) is 1.95. The number of hydrogen-bond acceptors (Lipinski definition) is 5. The number of nitrogens with zero attached hydrogens (tertiary/aromatic N) is 2. The molecule has 0 bridgehead atoms. The van der Waals surface area contributed by atoms with Crippen LogP contribution in [0.4, 0.5) is 4.79 Å². The van der Waals surface area contributed by atoms with Gasteiger partial charge >= 0.3 is 6.09 Å². The number of carbonyl (C=O) groups excluding carboxylic acids is 1. The zero-order valence-electron chi connectivity index (χ0n) is 11.2. The maximum atomic E-state index is 12.0. The molecule has 0 aromatic carbocycles. The van der Waals surface area contributed by atoms with E-state index in [2.05, 4.69) is 4.98 Å². The normalized spacial score (nSPS) is 13.2. The van der Waals surface area contributed by atoms with Crippen molar-refractivity contribution in [3.8, 4) is 0 Å². The lowest BCUT2D eigenvalue weighted by Gasteiger charge is -2.27. The lowest BCUT2D eigenvalue weighted by Crippen LogP contribution is -2.40. The van der Waals surface area contributed by atoms with Crippen LogP contribution < -0.4 is 0 Å². The lowest BCUT2D eigenvalue weighted by molar-refractivity contribution is 0.0142. The first-order valence-electron chi connectivity index (χ1n) is 5.82. The third kappa shape index (κ3) is 5.46. The standard InChI is InChI=1S/C12H20N2O3S/c1-9(15)7-14(8-10-13-5-6-18-10)11(16)17-12(2,3)4/h5-6,9,15H,7-8H2,1-4H3. The average Bonchev–Trinajstić information content (AvgIpc) is 2.65. The summed E-state index contributed by atoms with van der Waals surface area (Å²) in [4.78, 5) is 17.6. The van der Waals surface area contributed by atoms with Crippen LogP contribution in [0.2, 0.25) is 0 Å². The predicted molar refractivity (Wildman–Crippen MR) is 70.4 cm³/mol. The van der Waals surface area contributed by atoms with E-state index < -0.39 is 17.8 Å². The van der Waals surface area contributed by atoms with Crippen molar-refractivity contribution in [2.24, 2.45) is 0 Å². The van der Waals surface area contributed by atoms with Crippen molar-refractivity contribution >= 4 is 17.4 Å². The minimum absolute atomic E-state index is 0.231. The molecule has 0 spiro atoms. The van der Waals surface area contributed by atoms with Crippen LogP contribution in [0.25, 0.3) is 0 Å². The quantitative estimate of drug-likeness (QED) is 0.913. The highest BCUT2D eigenvalue weighted by Crippen LogP contribution is 2.14. The van der Waals surface area contributed by atoms with Gasteiger partial charge in [-0.2, -0.15) is 0 Å². The van der Waals surface area contributed by atoms with Crippen molar-refractivity contribution < 1.29 is 14.6 Å². The molecule has 0 aliphatic heterocycles. The largest absolute Gasteiger partial charge is 0.444 e. The fourth-order valence-corrected chi connectivity index (χ4v) is 1.97. The molecule has 1 heterocycles. The fourth-order valence-electron chi connectivity index (χ4n) is 1.34. The Morgan fingerprint density at radius 1 is 1.61 bits per heavy atom. The summed E-state index contributed by atoms with van der Waals surface area (Å²) < 4.78 is 5.30. The van der Waals surface area contributed by atoms with Crippen LogP contribution in [0.1, 0.15) is 32.7 Å². The smallest absolute Gasteiger partial charge is 0.410 e. The van der Waals surface area contributed by atoms with Gasteiger partial charge in [-0.3, -0.25) is 4.90 Å². The Morgan fingerprint density at radius 3 is 2.72 bits per heavy atom. The summed E-state index contributed by atoms with van der Waals surface area (Å²) in [5.74, 6) is 0. The number of carbonyl (C=O) groups is 1. The Balaban J connectivity index is 2.68. The molecule has 1 aromatic rings. The average molecular weight is 272 g/mol. The van der Waals surface area contributed by atoms with Gasteiger partial charge in [-0.15, -0.1) is 11.3 Å². The van der Waals surface area contributed by atoms with Gasteiger partial charge < -0.3 is 9.84 Å². The number of aromatic nitrogens is 1. The Kier molecular flexibility index (Phi) is 5.10. The van der Waals surface area contributed by atoms with Crippen LogP contribution in [0.15, 0.2) is 11.6 Å². The summed E-state index contributed by atoms with van der Waals surface area (Å²) in [5, 5.41) is 12.1. The topological polar surface area (TPSA) is 62.7 Å². The number of aliphatic hydroxyl groups excluding tert-OH is 1. The molecule has 0 fully saturated rings. The van der Waals surface area contributed by atoms with Crippen LogP contribution in [0, 0.1) is 0 Å². The minimum atomic E-state index is -0.600. The van der Waals surface area contributed by atoms with Crippen LogP contribution in [-0.2, 0) is 11.3 Å². The second-order valence-corrected chi connectivity index (χ2v) is 6.11. The first kappa shape index (κ1) is 14.9. The Hall–Kier alpha value is -1.14. The summed E-state index contributed by atoms with van der Waals surface area (Å²) in [7, 11) is 0. The molecular weight excluding hydrogens is 252 g/mol. The van der Waals surface area contributed by atoms with E-state index in [-0.39, 0.29) is 6.54 Å². The Labute approximate surface area is 111 Å². The van der Waals surface area contributed by atoms with Crippen molar-refractivity contribution in [2.75, 3.05) is 6.54 Å². The van der Waals surface area contributed by atoms with Gasteiger partial charge in [0, 0.05) is 11.6 Å². The summed E-state index contributed by atoms with van der Waals surface area (Å²) >= 11 is 1.47. The van der Waals surface area contributed by atoms with E-state index in [0.717, 1.165) is 5.01 Å². The number of hydrogen-bond donors (Lipinski definition) is 1. The first-order chi connectivity index (χ1) is 8.28. The van der Waals surface area contributed by atoms with Crippen molar-refractivity contribution in [2.45, 2.75) is 45.9 Å². The van der Waals surface area contributed by atoms with Gasteiger partial charge in [0.2, 0.25) is 0 Å². The molecule has 0 radical (unpaired) electrons. The molecule has 1 aromatic heterocycles. The summed E-state index contributed by atoms with van der Waals surface area (Å²) in [6.07, 6.45) is 0.659. The predicted octanol–water partition coefficient (Wildman–Crippen LogP) is 2.26. The highest BCUT2D eigenvalue weighted by Gasteiger charge is 2.23. The molecule has 18 heavy (non-hydrogen) atoms. The minimum Gasteiger partial charge on any atom is -0.444 e. The van der Waals surface area contributed by atoms with Crippen LogP contribution in [-0.4, -0.2) is 39.3 Å². The summed E-state index contributed by atoms with van der Waals surface area (Å²) in [5.41, 5.74) is -0.545. The van der Waals surface area contributed by atoms with Crippen LogP contribution in [0.3, 0.4) is 0 Å². The SMILES string of the molecule is CC(O)CN(Cc1nccs1)C(=O)OC(C)(C)C. The van der Waals surface area contributed by atoms with E-state index in [1.807, 2.05) is 26.2 Å². The summed E-state index contributed by atoms with van der Waals surface area (Å²) in [6.45, 7) is 7.67. The molecule has 5 nitrogen and oxygen atoms in total. The molecule has 0 saturated carbocycles. The molecule has 102 valence electrons. The number of thiazole rings is 1. The molecule has 0 aliphatic rings. The van der Waals surface area contributed by atoms with Gasteiger partial charge in [0.05, 0.1) is 19.2 Å². The van der Waals surface area contributed by atoms with E-state index in [1.54, 1.807) is 13.1 Å². The van der Waals surface area contributed by atoms with Gasteiger partial charge in [-0.25, -0.2) is 9.78 Å². The lowest BCUT2D eigenvalue weighted by atomic mass is 10.2. The van der Waals surface area contributed by atoms with Crippen molar-refractivity contribution in [3.63, 3.8) is 0 Å².